The van der Waals surface area contributed by atoms with Gasteiger partial charge >= 0.3 is 6.01 Å². The van der Waals surface area contributed by atoms with Gasteiger partial charge in [0.05, 0.1) is 5.69 Å². The number of aromatic nitrogens is 2. The summed E-state index contributed by atoms with van der Waals surface area (Å²) >= 11 is 0. The molecular formula is C13H18N4O. The van der Waals surface area contributed by atoms with Crippen LogP contribution in [0.15, 0.2) is 30.6 Å². The van der Waals surface area contributed by atoms with Gasteiger partial charge in [0.15, 0.2) is 5.75 Å². The second kappa shape index (κ2) is 5.00. The van der Waals surface area contributed by atoms with E-state index in [9.17, 15) is 0 Å². The quantitative estimate of drug-likeness (QED) is 0.841. The van der Waals surface area contributed by atoms with Crippen LogP contribution < -0.4 is 15.4 Å². The Hall–Kier alpha value is -2.17. The van der Waals surface area contributed by atoms with Gasteiger partial charge < -0.3 is 19.9 Å². The van der Waals surface area contributed by atoms with E-state index in [0.29, 0.717) is 17.4 Å². The second-order valence-electron chi connectivity index (χ2n) is 4.21. The molecule has 18 heavy (non-hydrogen) atoms. The summed E-state index contributed by atoms with van der Waals surface area (Å²) in [5, 5.41) is 0. The zero-order valence-corrected chi connectivity index (χ0v) is 10.9. The molecule has 0 aliphatic heterocycles. The fourth-order valence-corrected chi connectivity index (χ4v) is 1.63. The third-order valence-corrected chi connectivity index (χ3v) is 2.73. The van der Waals surface area contributed by atoms with Crippen LogP contribution in [0.1, 0.15) is 6.92 Å². The number of hydrogen-bond acceptors (Lipinski definition) is 4. The summed E-state index contributed by atoms with van der Waals surface area (Å²) in [6, 6.07) is 6.25. The van der Waals surface area contributed by atoms with Gasteiger partial charge in [-0.05, 0) is 19.1 Å². The number of rotatable bonds is 4. The van der Waals surface area contributed by atoms with Crippen LogP contribution in [0.5, 0.6) is 11.8 Å². The van der Waals surface area contributed by atoms with Crippen molar-refractivity contribution in [1.82, 2.24) is 9.55 Å². The second-order valence-corrected chi connectivity index (χ2v) is 4.21. The third kappa shape index (κ3) is 2.40. The van der Waals surface area contributed by atoms with Gasteiger partial charge in [-0.15, -0.1) is 0 Å². The molecular weight excluding hydrogens is 228 g/mol. The first-order valence-electron chi connectivity index (χ1n) is 5.87. The minimum atomic E-state index is 0.556. The molecule has 0 spiro atoms. The number of anilines is 2. The average molecular weight is 246 g/mol. The lowest BCUT2D eigenvalue weighted by Gasteiger charge is -2.15. The molecule has 5 nitrogen and oxygen atoms in total. The van der Waals surface area contributed by atoms with Crippen LogP contribution in [-0.4, -0.2) is 23.6 Å². The number of aryl methyl sites for hydroxylation is 1. The number of imidazole rings is 1. The highest BCUT2D eigenvalue weighted by Gasteiger charge is 2.08. The molecule has 0 atom stereocenters. The number of nitrogens with zero attached hydrogens (tertiary/aromatic N) is 3. The van der Waals surface area contributed by atoms with Crippen molar-refractivity contribution >= 4 is 11.4 Å². The maximum atomic E-state index is 5.92. The van der Waals surface area contributed by atoms with Crippen molar-refractivity contribution in [2.24, 2.45) is 0 Å². The van der Waals surface area contributed by atoms with Crippen molar-refractivity contribution in [3.63, 3.8) is 0 Å². The van der Waals surface area contributed by atoms with Crippen LogP contribution in [0, 0.1) is 0 Å². The van der Waals surface area contributed by atoms with Gasteiger partial charge in [-0.2, -0.15) is 0 Å². The van der Waals surface area contributed by atoms with Crippen molar-refractivity contribution in [1.29, 1.82) is 0 Å². The Bertz CT molecular complexity index is 534. The standard InChI is InChI=1S/C13H18N4O/c1-4-17-8-7-15-13(17)18-12-9-10(16(2)3)5-6-11(12)14/h5-9H,4,14H2,1-3H3. The van der Waals surface area contributed by atoms with Crippen LogP contribution in [0.2, 0.25) is 0 Å². The van der Waals surface area contributed by atoms with E-state index in [4.69, 9.17) is 10.5 Å². The van der Waals surface area contributed by atoms with E-state index in [0.717, 1.165) is 12.2 Å². The minimum absolute atomic E-state index is 0.556. The zero-order chi connectivity index (χ0) is 13.1. The lowest BCUT2D eigenvalue weighted by molar-refractivity contribution is 0.417. The molecule has 2 N–H and O–H groups in total. The Morgan fingerprint density at radius 3 is 2.83 bits per heavy atom. The highest BCUT2D eigenvalue weighted by Crippen LogP contribution is 2.30. The summed E-state index contributed by atoms with van der Waals surface area (Å²) in [5.74, 6) is 0.627. The first-order chi connectivity index (χ1) is 8.61. The number of nitrogens with two attached hydrogens (primary N) is 1. The first-order valence-corrected chi connectivity index (χ1v) is 5.87. The van der Waals surface area contributed by atoms with Crippen molar-refractivity contribution in [3.05, 3.63) is 30.6 Å². The normalized spacial score (nSPS) is 10.4. The lowest BCUT2D eigenvalue weighted by Crippen LogP contribution is -2.09. The molecule has 0 saturated carbocycles. The van der Waals surface area contributed by atoms with Gasteiger partial charge in [0.25, 0.3) is 0 Å². The summed E-state index contributed by atoms with van der Waals surface area (Å²) in [4.78, 5) is 6.17. The van der Waals surface area contributed by atoms with Gasteiger partial charge in [0, 0.05) is 44.8 Å². The molecule has 1 aromatic heterocycles. The summed E-state index contributed by atoms with van der Waals surface area (Å²) in [6.45, 7) is 2.84. The van der Waals surface area contributed by atoms with Gasteiger partial charge in [-0.1, -0.05) is 0 Å². The molecule has 96 valence electrons. The molecule has 0 saturated heterocycles. The van der Waals surface area contributed by atoms with Crippen LogP contribution in [-0.2, 0) is 6.54 Å². The van der Waals surface area contributed by atoms with Gasteiger partial charge in [0.1, 0.15) is 0 Å². The fraction of sp³-hybridized carbons (Fsp3) is 0.308. The number of nitrogen functional groups attached to an aromatic ring is 1. The molecule has 0 radical (unpaired) electrons. The Morgan fingerprint density at radius 1 is 1.39 bits per heavy atom. The molecule has 2 rings (SSSR count). The Labute approximate surface area is 107 Å². The summed E-state index contributed by atoms with van der Waals surface area (Å²) in [7, 11) is 3.95. The van der Waals surface area contributed by atoms with E-state index < -0.39 is 0 Å². The zero-order valence-electron chi connectivity index (χ0n) is 10.9. The SMILES string of the molecule is CCn1ccnc1Oc1cc(N(C)C)ccc1N. The Balaban J connectivity index is 2.31. The van der Waals surface area contributed by atoms with Crippen LogP contribution in [0.25, 0.3) is 0 Å². The summed E-state index contributed by atoms with van der Waals surface area (Å²) in [5.41, 5.74) is 7.56. The molecule has 0 bridgehead atoms. The van der Waals surface area contributed by atoms with E-state index in [1.165, 1.54) is 0 Å². The van der Waals surface area contributed by atoms with E-state index in [1.807, 2.05) is 54.9 Å². The Morgan fingerprint density at radius 2 is 2.17 bits per heavy atom. The predicted octanol–water partition coefficient (Wildman–Crippen LogP) is 2.34. The number of hydrogen-bond donors (Lipinski definition) is 1. The first kappa shape index (κ1) is 12.3. The fourth-order valence-electron chi connectivity index (χ4n) is 1.63. The van der Waals surface area contributed by atoms with Crippen molar-refractivity contribution in [2.45, 2.75) is 13.5 Å². The van der Waals surface area contributed by atoms with Gasteiger partial charge in [-0.25, -0.2) is 4.98 Å². The number of benzene rings is 1. The van der Waals surface area contributed by atoms with Crippen molar-refractivity contribution in [2.75, 3.05) is 24.7 Å². The van der Waals surface area contributed by atoms with Gasteiger partial charge in [-0.3, -0.25) is 0 Å². The number of ether oxygens (including phenoxy) is 1. The molecule has 0 aliphatic rings. The van der Waals surface area contributed by atoms with Crippen LogP contribution in [0.4, 0.5) is 11.4 Å². The summed E-state index contributed by atoms with van der Waals surface area (Å²) < 4.78 is 7.68. The highest BCUT2D eigenvalue weighted by atomic mass is 16.5. The molecule has 0 amide bonds. The molecule has 0 fully saturated rings. The maximum absolute atomic E-state index is 5.92. The largest absolute Gasteiger partial charge is 0.423 e. The van der Waals surface area contributed by atoms with Gasteiger partial charge in [0.2, 0.25) is 0 Å². The minimum Gasteiger partial charge on any atom is -0.423 e. The van der Waals surface area contributed by atoms with Crippen LogP contribution >= 0.6 is 0 Å². The topological polar surface area (TPSA) is 56.3 Å². The van der Waals surface area contributed by atoms with E-state index in [1.54, 1.807) is 6.20 Å². The van der Waals surface area contributed by atoms with E-state index >= 15 is 0 Å². The molecule has 1 aromatic carbocycles. The van der Waals surface area contributed by atoms with Crippen molar-refractivity contribution in [3.8, 4) is 11.8 Å². The maximum Gasteiger partial charge on any atom is 0.301 e. The molecule has 0 unspecified atom stereocenters. The molecule has 5 heteroatoms. The smallest absolute Gasteiger partial charge is 0.301 e. The molecule has 0 aliphatic carbocycles. The summed E-state index contributed by atoms with van der Waals surface area (Å²) in [6.07, 6.45) is 3.59. The Kier molecular flexibility index (Phi) is 3.41. The monoisotopic (exact) mass is 246 g/mol. The molecule has 2 aromatic rings. The van der Waals surface area contributed by atoms with Crippen molar-refractivity contribution < 1.29 is 4.74 Å². The van der Waals surface area contributed by atoms with E-state index in [2.05, 4.69) is 4.98 Å². The van der Waals surface area contributed by atoms with E-state index in [-0.39, 0.29) is 0 Å². The predicted molar refractivity (Wildman–Crippen MR) is 73.2 cm³/mol. The highest BCUT2D eigenvalue weighted by molar-refractivity contribution is 5.62. The average Bonchev–Trinajstić information content (AvgIpc) is 2.79. The lowest BCUT2D eigenvalue weighted by atomic mass is 10.2. The van der Waals surface area contributed by atoms with Crippen LogP contribution in [0.3, 0.4) is 0 Å². The third-order valence-electron chi connectivity index (χ3n) is 2.73. The molecule has 1 heterocycles.